The van der Waals surface area contributed by atoms with Crippen LogP contribution in [0.1, 0.15) is 36.5 Å². The molecule has 1 aliphatic rings. The lowest BCUT2D eigenvalue weighted by molar-refractivity contribution is -0.113. The normalized spacial score (nSPS) is 14.5. The number of ether oxygens (including phenoxy) is 3. The van der Waals surface area contributed by atoms with Crippen LogP contribution in [0, 0.1) is 6.92 Å². The van der Waals surface area contributed by atoms with Crippen molar-refractivity contribution in [2.75, 3.05) is 25.2 Å². The molecule has 4 rings (SSSR count). The second-order valence-electron chi connectivity index (χ2n) is 8.78. The zero-order valence-electron chi connectivity index (χ0n) is 21.1. The molecule has 0 atom stereocenters. The monoisotopic (exact) mass is 553 g/mol. The summed E-state index contributed by atoms with van der Waals surface area (Å²) in [5.74, 6) is 1.93. The number of rotatable bonds is 9. The fourth-order valence-electron chi connectivity index (χ4n) is 3.92. The van der Waals surface area contributed by atoms with Crippen LogP contribution < -0.4 is 19.1 Å². The first-order valence-electron chi connectivity index (χ1n) is 11.8. The van der Waals surface area contributed by atoms with Gasteiger partial charge in [0.1, 0.15) is 19.0 Å². The number of anilines is 1. The third kappa shape index (κ3) is 6.29. The van der Waals surface area contributed by atoms with Gasteiger partial charge in [0.05, 0.1) is 22.7 Å². The van der Waals surface area contributed by atoms with Crippen LogP contribution >= 0.6 is 35.6 Å². The fourth-order valence-corrected chi connectivity index (χ4v) is 5.49. The average molecular weight is 554 g/mol. The van der Waals surface area contributed by atoms with Gasteiger partial charge in [-0.05, 0) is 65.9 Å². The van der Waals surface area contributed by atoms with Gasteiger partial charge in [-0.2, -0.15) is 0 Å². The Morgan fingerprint density at radius 2 is 1.76 bits per heavy atom. The number of thiocarbonyl (C=S) groups is 1. The van der Waals surface area contributed by atoms with Crippen molar-refractivity contribution in [1.82, 2.24) is 0 Å². The number of halogens is 1. The van der Waals surface area contributed by atoms with Gasteiger partial charge in [-0.15, -0.1) is 0 Å². The molecule has 0 radical (unpaired) electrons. The van der Waals surface area contributed by atoms with Gasteiger partial charge in [0, 0.05) is 0 Å². The van der Waals surface area contributed by atoms with Crippen LogP contribution in [0.15, 0.2) is 65.6 Å². The third-order valence-electron chi connectivity index (χ3n) is 5.74. The zero-order chi connectivity index (χ0) is 26.5. The highest BCUT2D eigenvalue weighted by atomic mass is 35.5. The van der Waals surface area contributed by atoms with Gasteiger partial charge >= 0.3 is 0 Å². The summed E-state index contributed by atoms with van der Waals surface area (Å²) < 4.78 is 18.0. The van der Waals surface area contributed by atoms with Crippen LogP contribution in [0.4, 0.5) is 5.69 Å². The van der Waals surface area contributed by atoms with Crippen LogP contribution in [-0.4, -0.2) is 30.6 Å². The Bertz CT molecular complexity index is 1340. The molecule has 192 valence electrons. The van der Waals surface area contributed by atoms with Gasteiger partial charge in [-0.25, -0.2) is 0 Å². The number of para-hydroxylation sites is 1. The second kappa shape index (κ2) is 12.0. The summed E-state index contributed by atoms with van der Waals surface area (Å²) in [7, 11) is 1.55. The van der Waals surface area contributed by atoms with Crippen LogP contribution in [-0.2, 0) is 4.79 Å². The third-order valence-corrected chi connectivity index (χ3v) is 7.32. The van der Waals surface area contributed by atoms with E-state index in [1.807, 2.05) is 43.3 Å². The minimum Gasteiger partial charge on any atom is -0.493 e. The van der Waals surface area contributed by atoms with E-state index < -0.39 is 0 Å². The molecule has 0 aliphatic carbocycles. The molecule has 0 N–H and O–H groups in total. The van der Waals surface area contributed by atoms with Crippen molar-refractivity contribution in [3.05, 3.63) is 87.3 Å². The van der Waals surface area contributed by atoms with E-state index in [0.717, 1.165) is 22.6 Å². The molecular weight excluding hydrogens is 526 g/mol. The second-order valence-corrected chi connectivity index (χ2v) is 10.9. The molecule has 8 heteroatoms. The van der Waals surface area contributed by atoms with Crippen LogP contribution in [0.3, 0.4) is 0 Å². The molecule has 0 saturated carbocycles. The smallest absolute Gasteiger partial charge is 0.270 e. The molecule has 1 amide bonds. The van der Waals surface area contributed by atoms with E-state index in [4.69, 9.17) is 38.0 Å². The van der Waals surface area contributed by atoms with E-state index in [-0.39, 0.29) is 12.5 Å². The van der Waals surface area contributed by atoms with Gasteiger partial charge in [-0.3, -0.25) is 9.69 Å². The van der Waals surface area contributed by atoms with E-state index >= 15 is 0 Å². The van der Waals surface area contributed by atoms with Gasteiger partial charge < -0.3 is 14.2 Å². The maximum absolute atomic E-state index is 13.1. The standard InChI is InChI=1S/C29H28ClNO4S2/c1-18(2)22-11-10-19(3)14-24(22)34-12-13-35-27-23(30)15-20(16-25(27)33-4)17-26-28(32)31(29(36)37-26)21-8-6-5-7-9-21/h5-11,14-18H,12-13H2,1-4H3/b26-17-. The number of thioether (sulfide) groups is 1. The molecule has 37 heavy (non-hydrogen) atoms. The minimum atomic E-state index is -0.175. The predicted molar refractivity (Wildman–Crippen MR) is 156 cm³/mol. The van der Waals surface area contributed by atoms with Gasteiger partial charge in [0.25, 0.3) is 5.91 Å². The van der Waals surface area contributed by atoms with Crippen molar-refractivity contribution in [3.8, 4) is 17.2 Å². The van der Waals surface area contributed by atoms with Gasteiger partial charge in [-0.1, -0.05) is 79.8 Å². The van der Waals surface area contributed by atoms with Crippen molar-refractivity contribution in [1.29, 1.82) is 0 Å². The Labute approximate surface area is 232 Å². The lowest BCUT2D eigenvalue weighted by Crippen LogP contribution is -2.27. The predicted octanol–water partition coefficient (Wildman–Crippen LogP) is 7.64. The molecule has 3 aromatic rings. The lowest BCUT2D eigenvalue weighted by Gasteiger charge is -2.16. The Hall–Kier alpha value is -3.00. The summed E-state index contributed by atoms with van der Waals surface area (Å²) >= 11 is 13.3. The summed E-state index contributed by atoms with van der Waals surface area (Å²) in [6, 6.07) is 19.1. The van der Waals surface area contributed by atoms with Crippen molar-refractivity contribution in [2.24, 2.45) is 0 Å². The highest BCUT2D eigenvalue weighted by Crippen LogP contribution is 2.40. The SMILES string of the molecule is COc1cc(/C=C2\SC(=S)N(c3ccccc3)C2=O)cc(Cl)c1OCCOc1cc(C)ccc1C(C)C. The maximum atomic E-state index is 13.1. The molecule has 0 bridgehead atoms. The van der Waals surface area contributed by atoms with E-state index in [2.05, 4.69) is 26.0 Å². The number of carbonyl (C=O) groups excluding carboxylic acids is 1. The molecule has 1 aliphatic heterocycles. The van der Waals surface area contributed by atoms with Gasteiger partial charge in [0.15, 0.2) is 15.8 Å². The first kappa shape index (κ1) is 27.0. The molecule has 3 aromatic carbocycles. The number of carbonyl (C=O) groups is 1. The summed E-state index contributed by atoms with van der Waals surface area (Å²) in [6.45, 7) is 6.96. The highest BCUT2D eigenvalue weighted by Gasteiger charge is 2.33. The zero-order valence-corrected chi connectivity index (χ0v) is 23.5. The van der Waals surface area contributed by atoms with E-state index in [1.54, 1.807) is 25.3 Å². The molecule has 1 fully saturated rings. The number of aryl methyl sites for hydroxylation is 1. The quantitative estimate of drug-likeness (QED) is 0.154. The first-order chi connectivity index (χ1) is 17.8. The Morgan fingerprint density at radius 1 is 1.03 bits per heavy atom. The first-order valence-corrected chi connectivity index (χ1v) is 13.5. The molecule has 0 unspecified atom stereocenters. The number of nitrogens with zero attached hydrogens (tertiary/aromatic N) is 1. The van der Waals surface area contributed by atoms with Crippen LogP contribution in [0.5, 0.6) is 17.2 Å². The molecule has 0 spiro atoms. The maximum Gasteiger partial charge on any atom is 0.270 e. The van der Waals surface area contributed by atoms with E-state index in [0.29, 0.717) is 43.8 Å². The summed E-state index contributed by atoms with van der Waals surface area (Å²) in [4.78, 5) is 15.1. The van der Waals surface area contributed by atoms with Crippen molar-refractivity contribution < 1.29 is 19.0 Å². The summed E-state index contributed by atoms with van der Waals surface area (Å²) in [6.07, 6.45) is 1.76. The molecule has 0 aromatic heterocycles. The Kier molecular flexibility index (Phi) is 8.79. The highest BCUT2D eigenvalue weighted by molar-refractivity contribution is 8.27. The molecule has 1 saturated heterocycles. The van der Waals surface area contributed by atoms with E-state index in [1.165, 1.54) is 16.7 Å². The number of methoxy groups -OCH3 is 1. The van der Waals surface area contributed by atoms with Crippen molar-refractivity contribution >= 4 is 57.6 Å². The number of hydrogen-bond donors (Lipinski definition) is 0. The minimum absolute atomic E-state index is 0.175. The van der Waals surface area contributed by atoms with Gasteiger partial charge in [0.2, 0.25) is 0 Å². The number of benzene rings is 3. The number of amides is 1. The Balaban J connectivity index is 1.46. The fraction of sp³-hybridized carbons (Fsp3) is 0.241. The summed E-state index contributed by atoms with van der Waals surface area (Å²) in [5.41, 5.74) is 3.74. The van der Waals surface area contributed by atoms with Crippen molar-refractivity contribution in [2.45, 2.75) is 26.7 Å². The van der Waals surface area contributed by atoms with Crippen LogP contribution in [0.2, 0.25) is 5.02 Å². The summed E-state index contributed by atoms with van der Waals surface area (Å²) in [5, 5.41) is 0.377. The number of hydrogen-bond acceptors (Lipinski definition) is 6. The largest absolute Gasteiger partial charge is 0.493 e. The van der Waals surface area contributed by atoms with E-state index in [9.17, 15) is 4.79 Å². The lowest BCUT2D eigenvalue weighted by atomic mass is 10.0. The van der Waals surface area contributed by atoms with Crippen LogP contribution in [0.25, 0.3) is 6.08 Å². The molecular formula is C29H28ClNO4S2. The average Bonchev–Trinajstić information content (AvgIpc) is 3.15. The molecule has 5 nitrogen and oxygen atoms in total. The van der Waals surface area contributed by atoms with Crippen molar-refractivity contribution in [3.63, 3.8) is 0 Å². The molecule has 1 heterocycles. The Morgan fingerprint density at radius 3 is 2.46 bits per heavy atom. The topological polar surface area (TPSA) is 48.0 Å².